The molecule has 26 heavy (non-hydrogen) atoms. The highest BCUT2D eigenvalue weighted by Gasteiger charge is 2.18. The molecule has 0 saturated heterocycles. The molecule has 0 aliphatic heterocycles. The second kappa shape index (κ2) is 8.95. The first-order valence-electron chi connectivity index (χ1n) is 9.40. The van der Waals surface area contributed by atoms with Crippen molar-refractivity contribution in [3.05, 3.63) is 53.6 Å². The number of hydrogen-bond acceptors (Lipinski definition) is 4. The topological polar surface area (TPSA) is 39.7 Å². The van der Waals surface area contributed by atoms with Gasteiger partial charge in [-0.15, -0.1) is 0 Å². The zero-order valence-corrected chi connectivity index (χ0v) is 16.0. The van der Waals surface area contributed by atoms with Crippen molar-refractivity contribution in [2.24, 2.45) is 0 Å². The summed E-state index contributed by atoms with van der Waals surface area (Å²) in [6.45, 7) is 2.93. The monoisotopic (exact) mass is 355 g/mol. The highest BCUT2D eigenvalue weighted by molar-refractivity contribution is 5.43. The molecule has 1 fully saturated rings. The van der Waals surface area contributed by atoms with Crippen molar-refractivity contribution in [2.45, 2.75) is 51.3 Å². The predicted octanol–water partition coefficient (Wildman–Crippen LogP) is 4.88. The maximum absolute atomic E-state index is 6.19. The summed E-state index contributed by atoms with van der Waals surface area (Å²) in [6.07, 6.45) is 5.11. The van der Waals surface area contributed by atoms with Gasteiger partial charge in [0.2, 0.25) is 0 Å². The molecule has 1 aliphatic carbocycles. The standard InChI is InChI=1S/C22H29NO3/c1-16(18-7-6-10-20(14-18)24-2)23-15-17-11-12-21(25-3)22(13-17)26-19-8-4-5-9-19/h6-7,10-14,16,19,23H,4-5,8-9,15H2,1-3H3/t16-/m0/s1. The summed E-state index contributed by atoms with van der Waals surface area (Å²) >= 11 is 0. The van der Waals surface area contributed by atoms with Gasteiger partial charge in [-0.05, 0) is 68.0 Å². The van der Waals surface area contributed by atoms with E-state index in [2.05, 4.69) is 36.5 Å². The Morgan fingerprint density at radius 1 is 1.00 bits per heavy atom. The molecule has 2 aromatic carbocycles. The summed E-state index contributed by atoms with van der Waals surface area (Å²) in [5.74, 6) is 2.54. The van der Waals surface area contributed by atoms with Gasteiger partial charge < -0.3 is 19.5 Å². The van der Waals surface area contributed by atoms with Gasteiger partial charge in [0.1, 0.15) is 5.75 Å². The van der Waals surface area contributed by atoms with E-state index in [1.165, 1.54) is 24.0 Å². The normalized spacial score (nSPS) is 15.7. The summed E-state index contributed by atoms with van der Waals surface area (Å²) < 4.78 is 17.0. The molecule has 0 radical (unpaired) electrons. The molecular weight excluding hydrogens is 326 g/mol. The Bertz CT molecular complexity index is 710. The van der Waals surface area contributed by atoms with Gasteiger partial charge in [-0.3, -0.25) is 0 Å². The van der Waals surface area contributed by atoms with Crippen molar-refractivity contribution in [2.75, 3.05) is 14.2 Å². The molecule has 1 aliphatic rings. The van der Waals surface area contributed by atoms with Crippen molar-refractivity contribution in [1.29, 1.82) is 0 Å². The number of hydrogen-bond donors (Lipinski definition) is 1. The van der Waals surface area contributed by atoms with Crippen LogP contribution in [-0.2, 0) is 6.54 Å². The Morgan fingerprint density at radius 2 is 1.81 bits per heavy atom. The van der Waals surface area contributed by atoms with Crippen LogP contribution in [0.5, 0.6) is 17.2 Å². The Balaban J connectivity index is 1.65. The Morgan fingerprint density at radius 3 is 2.54 bits per heavy atom. The van der Waals surface area contributed by atoms with Gasteiger partial charge >= 0.3 is 0 Å². The number of methoxy groups -OCH3 is 2. The molecule has 0 bridgehead atoms. The van der Waals surface area contributed by atoms with E-state index in [1.807, 2.05) is 18.2 Å². The fourth-order valence-corrected chi connectivity index (χ4v) is 3.41. The molecule has 0 aromatic heterocycles. The van der Waals surface area contributed by atoms with Gasteiger partial charge in [0, 0.05) is 12.6 Å². The Labute approximate surface area is 156 Å². The van der Waals surface area contributed by atoms with E-state index in [1.54, 1.807) is 14.2 Å². The molecule has 2 aromatic rings. The van der Waals surface area contributed by atoms with Crippen molar-refractivity contribution in [3.63, 3.8) is 0 Å². The van der Waals surface area contributed by atoms with Crippen LogP contribution in [-0.4, -0.2) is 20.3 Å². The predicted molar refractivity (Wildman–Crippen MR) is 104 cm³/mol. The minimum Gasteiger partial charge on any atom is -0.497 e. The SMILES string of the molecule is COc1cccc([C@H](C)NCc2ccc(OC)c(OC3CCCC3)c2)c1. The van der Waals surface area contributed by atoms with Crippen LogP contribution < -0.4 is 19.5 Å². The molecule has 0 heterocycles. The fourth-order valence-electron chi connectivity index (χ4n) is 3.41. The maximum atomic E-state index is 6.19. The van der Waals surface area contributed by atoms with Crippen molar-refractivity contribution < 1.29 is 14.2 Å². The third-order valence-electron chi connectivity index (χ3n) is 5.03. The van der Waals surface area contributed by atoms with E-state index in [-0.39, 0.29) is 6.04 Å². The second-order valence-electron chi connectivity index (χ2n) is 6.89. The highest BCUT2D eigenvalue weighted by atomic mass is 16.5. The summed E-state index contributed by atoms with van der Waals surface area (Å²) in [5, 5.41) is 3.57. The first kappa shape index (κ1) is 18.6. The van der Waals surface area contributed by atoms with E-state index in [9.17, 15) is 0 Å². The summed E-state index contributed by atoms with van der Waals surface area (Å²) in [6, 6.07) is 14.6. The van der Waals surface area contributed by atoms with Gasteiger partial charge in [0.25, 0.3) is 0 Å². The minimum absolute atomic E-state index is 0.228. The molecule has 0 spiro atoms. The lowest BCUT2D eigenvalue weighted by Crippen LogP contribution is -2.18. The third-order valence-corrected chi connectivity index (χ3v) is 5.03. The lowest BCUT2D eigenvalue weighted by molar-refractivity contribution is 0.200. The number of rotatable bonds is 8. The van der Waals surface area contributed by atoms with Gasteiger partial charge in [0.05, 0.1) is 20.3 Å². The van der Waals surface area contributed by atoms with E-state index >= 15 is 0 Å². The average Bonchev–Trinajstić information content (AvgIpc) is 3.19. The molecule has 1 saturated carbocycles. The van der Waals surface area contributed by atoms with E-state index < -0.39 is 0 Å². The highest BCUT2D eigenvalue weighted by Crippen LogP contribution is 2.32. The maximum Gasteiger partial charge on any atom is 0.161 e. The second-order valence-corrected chi connectivity index (χ2v) is 6.89. The number of nitrogens with one attached hydrogen (secondary N) is 1. The summed E-state index contributed by atoms with van der Waals surface area (Å²) in [5.41, 5.74) is 2.40. The number of benzene rings is 2. The van der Waals surface area contributed by atoms with E-state index in [4.69, 9.17) is 14.2 Å². The van der Waals surface area contributed by atoms with Crippen molar-refractivity contribution in [3.8, 4) is 17.2 Å². The van der Waals surface area contributed by atoms with Crippen LogP contribution >= 0.6 is 0 Å². The van der Waals surface area contributed by atoms with Crippen molar-refractivity contribution in [1.82, 2.24) is 5.32 Å². The summed E-state index contributed by atoms with van der Waals surface area (Å²) in [7, 11) is 3.39. The van der Waals surface area contributed by atoms with E-state index in [0.717, 1.165) is 36.6 Å². The van der Waals surface area contributed by atoms with Crippen LogP contribution in [0, 0.1) is 0 Å². The zero-order valence-electron chi connectivity index (χ0n) is 16.0. The van der Waals surface area contributed by atoms with Crippen LogP contribution in [0.2, 0.25) is 0 Å². The number of ether oxygens (including phenoxy) is 3. The van der Waals surface area contributed by atoms with Crippen LogP contribution in [0.3, 0.4) is 0 Å². The molecular formula is C22H29NO3. The van der Waals surface area contributed by atoms with Gasteiger partial charge in [-0.25, -0.2) is 0 Å². The molecule has 3 rings (SSSR count). The average molecular weight is 355 g/mol. The Hall–Kier alpha value is -2.20. The lowest BCUT2D eigenvalue weighted by Gasteiger charge is -2.18. The Kier molecular flexibility index (Phi) is 6.40. The molecule has 0 amide bonds. The third kappa shape index (κ3) is 4.70. The molecule has 1 N–H and O–H groups in total. The molecule has 140 valence electrons. The van der Waals surface area contributed by atoms with Gasteiger partial charge in [-0.1, -0.05) is 18.2 Å². The molecule has 1 atom stereocenters. The molecule has 0 unspecified atom stereocenters. The van der Waals surface area contributed by atoms with Crippen LogP contribution in [0.25, 0.3) is 0 Å². The quantitative estimate of drug-likeness (QED) is 0.733. The van der Waals surface area contributed by atoms with Crippen molar-refractivity contribution >= 4 is 0 Å². The fraction of sp³-hybridized carbons (Fsp3) is 0.455. The van der Waals surface area contributed by atoms with Crippen LogP contribution in [0.4, 0.5) is 0 Å². The van der Waals surface area contributed by atoms with Crippen LogP contribution in [0.1, 0.15) is 49.8 Å². The van der Waals surface area contributed by atoms with Crippen LogP contribution in [0.15, 0.2) is 42.5 Å². The zero-order chi connectivity index (χ0) is 18.4. The molecule has 4 nitrogen and oxygen atoms in total. The summed E-state index contributed by atoms with van der Waals surface area (Å²) in [4.78, 5) is 0. The first-order chi connectivity index (χ1) is 12.7. The van der Waals surface area contributed by atoms with Gasteiger partial charge in [-0.2, -0.15) is 0 Å². The van der Waals surface area contributed by atoms with Gasteiger partial charge in [0.15, 0.2) is 11.5 Å². The smallest absolute Gasteiger partial charge is 0.161 e. The van der Waals surface area contributed by atoms with E-state index in [0.29, 0.717) is 6.10 Å². The lowest BCUT2D eigenvalue weighted by atomic mass is 10.1. The first-order valence-corrected chi connectivity index (χ1v) is 9.40. The largest absolute Gasteiger partial charge is 0.497 e. The molecule has 4 heteroatoms. The minimum atomic E-state index is 0.228.